The molecule has 2 amide bonds. The van der Waals surface area contributed by atoms with E-state index in [-0.39, 0.29) is 5.91 Å². The molecule has 2 rings (SSSR count). The minimum Gasteiger partial charge on any atom is -0.530 e. The van der Waals surface area contributed by atoms with Gasteiger partial charge in [0.1, 0.15) is 6.09 Å². The Hall–Kier alpha value is -2.08. The Bertz CT molecular complexity index is 553. The van der Waals surface area contributed by atoms with Gasteiger partial charge in [0.05, 0.1) is 0 Å². The van der Waals surface area contributed by atoms with Crippen LogP contribution >= 0.6 is 0 Å². The van der Waals surface area contributed by atoms with Gasteiger partial charge in [-0.1, -0.05) is 30.3 Å². The van der Waals surface area contributed by atoms with Gasteiger partial charge in [0.2, 0.25) is 0 Å². The topological polar surface area (TPSA) is 72.9 Å². The van der Waals surface area contributed by atoms with Crippen LogP contribution in [-0.2, 0) is 16.1 Å². The van der Waals surface area contributed by atoms with Gasteiger partial charge in [0.25, 0.3) is 5.91 Å². The number of hydrogen-bond acceptors (Lipinski definition) is 4. The molecule has 1 unspecified atom stereocenters. The summed E-state index contributed by atoms with van der Waals surface area (Å²) >= 11 is 0. The van der Waals surface area contributed by atoms with E-state index in [0.29, 0.717) is 6.54 Å². The van der Waals surface area contributed by atoms with Crippen LogP contribution in [0.15, 0.2) is 30.3 Å². The third kappa shape index (κ3) is 2.92. The molecule has 0 N–H and O–H groups in total. The molecule has 120 valence electrons. The summed E-state index contributed by atoms with van der Waals surface area (Å²) in [7, 11) is 1.47. The highest BCUT2D eigenvalue weighted by molar-refractivity contribution is 5.91. The van der Waals surface area contributed by atoms with E-state index in [2.05, 4.69) is 0 Å². The van der Waals surface area contributed by atoms with Crippen LogP contribution in [0.2, 0.25) is 0 Å². The molecule has 1 heterocycles. The first-order valence-corrected chi connectivity index (χ1v) is 7.15. The first-order valence-electron chi connectivity index (χ1n) is 7.15. The number of nitrogens with zero attached hydrogens (tertiary/aromatic N) is 2. The highest BCUT2D eigenvalue weighted by Crippen LogP contribution is 2.31. The smallest absolute Gasteiger partial charge is 0.252 e. The zero-order chi connectivity index (χ0) is 16.5. The number of carboxylic acid groups (broad SMARTS) is 1. The Labute approximate surface area is 130 Å². The molecule has 0 aliphatic carbocycles. The molecule has 6 nitrogen and oxygen atoms in total. The molecule has 1 aromatic carbocycles. The molecule has 0 bridgehead atoms. The minimum absolute atomic E-state index is 0.269. The zero-order valence-corrected chi connectivity index (χ0v) is 13.3. The van der Waals surface area contributed by atoms with Crippen molar-refractivity contribution in [3.05, 3.63) is 35.9 Å². The number of ether oxygens (including phenoxy) is 1. The Balaban J connectivity index is 2.19. The number of amides is 2. The van der Waals surface area contributed by atoms with Gasteiger partial charge in [-0.15, -0.1) is 0 Å². The maximum Gasteiger partial charge on any atom is 0.252 e. The fourth-order valence-corrected chi connectivity index (χ4v) is 2.75. The summed E-state index contributed by atoms with van der Waals surface area (Å²) in [6.45, 7) is 5.56. The van der Waals surface area contributed by atoms with E-state index in [0.717, 1.165) is 10.5 Å². The minimum atomic E-state index is -1.37. The standard InChI is InChI=1S/C16H22N2O4/c1-16(2,3)18(15(20)21)12-13(19)17(14(12)22-4)10-11-8-6-5-7-9-11/h5-9,12,14H,10H2,1-4H3,(H,20,21)/p-1/t12-,14?/m1/s1. The van der Waals surface area contributed by atoms with Crippen molar-refractivity contribution in [1.29, 1.82) is 0 Å². The molecule has 22 heavy (non-hydrogen) atoms. The van der Waals surface area contributed by atoms with Gasteiger partial charge in [-0.05, 0) is 26.3 Å². The van der Waals surface area contributed by atoms with Gasteiger partial charge < -0.3 is 24.4 Å². The highest BCUT2D eigenvalue weighted by atomic mass is 16.5. The van der Waals surface area contributed by atoms with Crippen LogP contribution in [0.5, 0.6) is 0 Å². The van der Waals surface area contributed by atoms with Crippen molar-refractivity contribution >= 4 is 12.0 Å². The van der Waals surface area contributed by atoms with Crippen molar-refractivity contribution in [1.82, 2.24) is 9.80 Å². The Morgan fingerprint density at radius 2 is 1.91 bits per heavy atom. The summed E-state index contributed by atoms with van der Waals surface area (Å²) in [6, 6.07) is 8.64. The van der Waals surface area contributed by atoms with Crippen molar-refractivity contribution in [2.24, 2.45) is 0 Å². The van der Waals surface area contributed by atoms with Crippen LogP contribution in [-0.4, -0.2) is 46.7 Å². The summed E-state index contributed by atoms with van der Waals surface area (Å²) in [6.07, 6.45) is -1.97. The normalized spacial score (nSPS) is 21.5. The number of carbonyl (C=O) groups is 2. The number of rotatable bonds is 4. The average molecular weight is 305 g/mol. The molecule has 1 aliphatic heterocycles. The average Bonchev–Trinajstić information content (AvgIpc) is 2.44. The number of carbonyl (C=O) groups excluding carboxylic acids is 2. The van der Waals surface area contributed by atoms with Gasteiger partial charge in [-0.3, -0.25) is 4.79 Å². The fourth-order valence-electron chi connectivity index (χ4n) is 2.75. The zero-order valence-electron chi connectivity index (χ0n) is 13.3. The second kappa shape index (κ2) is 5.96. The molecule has 1 saturated heterocycles. The van der Waals surface area contributed by atoms with Crippen molar-refractivity contribution in [3.63, 3.8) is 0 Å². The summed E-state index contributed by atoms with van der Waals surface area (Å²) in [5.41, 5.74) is 0.224. The lowest BCUT2D eigenvalue weighted by Crippen LogP contribution is -2.75. The number of methoxy groups -OCH3 is 1. The van der Waals surface area contributed by atoms with Crippen molar-refractivity contribution < 1.29 is 19.4 Å². The first kappa shape index (κ1) is 16.3. The molecule has 0 saturated carbocycles. The summed E-state index contributed by atoms with van der Waals surface area (Å²) in [4.78, 5) is 26.5. The summed E-state index contributed by atoms with van der Waals surface area (Å²) in [5, 5.41) is 11.4. The Morgan fingerprint density at radius 3 is 2.36 bits per heavy atom. The maximum absolute atomic E-state index is 12.4. The second-order valence-electron chi connectivity index (χ2n) is 6.33. The van der Waals surface area contributed by atoms with Gasteiger partial charge in [-0.2, -0.15) is 0 Å². The molecule has 6 heteroatoms. The van der Waals surface area contributed by atoms with E-state index in [1.165, 1.54) is 12.0 Å². The third-order valence-corrected chi connectivity index (χ3v) is 3.75. The van der Waals surface area contributed by atoms with E-state index in [1.807, 2.05) is 30.3 Å². The molecular formula is C16H21N2O4-. The highest BCUT2D eigenvalue weighted by Gasteiger charge is 2.53. The molecule has 1 aliphatic rings. The largest absolute Gasteiger partial charge is 0.530 e. The van der Waals surface area contributed by atoms with E-state index in [1.54, 1.807) is 20.8 Å². The second-order valence-corrected chi connectivity index (χ2v) is 6.33. The van der Waals surface area contributed by atoms with Gasteiger partial charge >= 0.3 is 0 Å². The van der Waals surface area contributed by atoms with E-state index >= 15 is 0 Å². The van der Waals surface area contributed by atoms with E-state index < -0.39 is 23.9 Å². The number of likely N-dealkylation sites (tertiary alicyclic amines) is 1. The lowest BCUT2D eigenvalue weighted by atomic mass is 9.95. The molecule has 2 atom stereocenters. The monoisotopic (exact) mass is 305 g/mol. The predicted octanol–water partition coefficient (Wildman–Crippen LogP) is 0.814. The molecule has 0 radical (unpaired) electrons. The van der Waals surface area contributed by atoms with Crippen LogP contribution in [0.3, 0.4) is 0 Å². The molecular weight excluding hydrogens is 284 g/mol. The number of benzene rings is 1. The Morgan fingerprint density at radius 1 is 1.32 bits per heavy atom. The number of β-lactam (4-membered cyclic amide) rings is 1. The van der Waals surface area contributed by atoms with Crippen LogP contribution in [0.4, 0.5) is 4.79 Å². The van der Waals surface area contributed by atoms with Gasteiger partial charge in [0, 0.05) is 19.2 Å². The van der Waals surface area contributed by atoms with Crippen molar-refractivity contribution in [3.8, 4) is 0 Å². The lowest BCUT2D eigenvalue weighted by molar-refractivity contribution is -0.282. The van der Waals surface area contributed by atoms with Crippen molar-refractivity contribution in [2.45, 2.75) is 45.1 Å². The fraction of sp³-hybridized carbons (Fsp3) is 0.500. The molecule has 1 fully saturated rings. The van der Waals surface area contributed by atoms with Crippen LogP contribution in [0.1, 0.15) is 26.3 Å². The van der Waals surface area contributed by atoms with E-state index in [9.17, 15) is 14.7 Å². The SMILES string of the molecule is COC1[C@H](N(C(=O)[O-])C(C)(C)C)C(=O)N1Cc1ccccc1. The summed E-state index contributed by atoms with van der Waals surface area (Å²) in [5.74, 6) is -0.269. The van der Waals surface area contributed by atoms with Crippen LogP contribution in [0, 0.1) is 0 Å². The predicted molar refractivity (Wildman–Crippen MR) is 78.6 cm³/mol. The van der Waals surface area contributed by atoms with Gasteiger partial charge in [0.15, 0.2) is 12.3 Å². The Kier molecular flexibility index (Phi) is 4.42. The molecule has 1 aromatic rings. The van der Waals surface area contributed by atoms with Crippen molar-refractivity contribution in [2.75, 3.05) is 7.11 Å². The summed E-state index contributed by atoms with van der Waals surface area (Å²) < 4.78 is 5.35. The van der Waals surface area contributed by atoms with Crippen LogP contribution < -0.4 is 5.11 Å². The molecule has 0 aromatic heterocycles. The van der Waals surface area contributed by atoms with Crippen LogP contribution in [0.25, 0.3) is 0 Å². The maximum atomic E-state index is 12.4. The third-order valence-electron chi connectivity index (χ3n) is 3.75. The number of hydrogen-bond donors (Lipinski definition) is 0. The first-order chi connectivity index (χ1) is 10.3. The molecule has 0 spiro atoms. The van der Waals surface area contributed by atoms with E-state index in [4.69, 9.17) is 4.74 Å². The quantitative estimate of drug-likeness (QED) is 0.772. The van der Waals surface area contributed by atoms with Gasteiger partial charge in [-0.25, -0.2) is 0 Å². The lowest BCUT2D eigenvalue weighted by Gasteiger charge is -2.54.